The molecule has 1 amide bonds. The lowest BCUT2D eigenvalue weighted by Crippen LogP contribution is -2.55. The van der Waals surface area contributed by atoms with Crippen LogP contribution in [0.25, 0.3) is 0 Å². The normalized spacial score (nSPS) is 30.9. The summed E-state index contributed by atoms with van der Waals surface area (Å²) in [4.78, 5) is 14.8. The number of nitrogens with one attached hydrogen (secondary N) is 1. The van der Waals surface area contributed by atoms with Gasteiger partial charge in [0.2, 0.25) is 5.91 Å². The lowest BCUT2D eigenvalue weighted by Gasteiger charge is -2.41. The molecule has 0 spiro atoms. The van der Waals surface area contributed by atoms with E-state index >= 15 is 0 Å². The van der Waals surface area contributed by atoms with Crippen molar-refractivity contribution in [3.63, 3.8) is 0 Å². The molecule has 1 saturated heterocycles. The summed E-state index contributed by atoms with van der Waals surface area (Å²) in [6, 6.07) is 0.871. The Kier molecular flexibility index (Phi) is 5.85. The molecule has 1 heterocycles. The van der Waals surface area contributed by atoms with Gasteiger partial charge >= 0.3 is 0 Å². The minimum atomic E-state index is -0.0266. The molecule has 0 aromatic rings. The molecule has 0 radical (unpaired) electrons. The first-order valence-corrected chi connectivity index (χ1v) is 8.38. The third-order valence-electron chi connectivity index (χ3n) is 5.19. The average molecular weight is 281 g/mol. The Morgan fingerprint density at radius 1 is 1.25 bits per heavy atom. The summed E-state index contributed by atoms with van der Waals surface area (Å²) < 4.78 is 0. The fourth-order valence-electron chi connectivity index (χ4n) is 3.66. The van der Waals surface area contributed by atoms with E-state index < -0.39 is 0 Å². The SMILES string of the molecule is CC1CCC(CN)CN1C(C)C(=O)NC1CCCCC1. The van der Waals surface area contributed by atoms with Gasteiger partial charge in [-0.15, -0.1) is 0 Å². The summed E-state index contributed by atoms with van der Waals surface area (Å²) in [7, 11) is 0. The molecule has 2 fully saturated rings. The molecule has 0 aromatic carbocycles. The Balaban J connectivity index is 1.87. The molecule has 3 unspecified atom stereocenters. The van der Waals surface area contributed by atoms with Crippen molar-refractivity contribution in [2.24, 2.45) is 11.7 Å². The lowest BCUT2D eigenvalue weighted by molar-refractivity contribution is -0.128. The minimum Gasteiger partial charge on any atom is -0.352 e. The number of nitrogens with two attached hydrogens (primary N) is 1. The zero-order valence-corrected chi connectivity index (χ0v) is 13.1. The number of piperidine rings is 1. The van der Waals surface area contributed by atoms with Gasteiger partial charge in [-0.3, -0.25) is 9.69 Å². The van der Waals surface area contributed by atoms with Crippen molar-refractivity contribution in [3.8, 4) is 0 Å². The van der Waals surface area contributed by atoms with Crippen LogP contribution in [0.3, 0.4) is 0 Å². The standard InChI is InChI=1S/C16H31N3O/c1-12-8-9-14(10-17)11-19(12)13(2)16(20)18-15-6-4-3-5-7-15/h12-15H,3-11,17H2,1-2H3,(H,18,20). The highest BCUT2D eigenvalue weighted by atomic mass is 16.2. The Hall–Kier alpha value is -0.610. The zero-order chi connectivity index (χ0) is 14.5. The highest BCUT2D eigenvalue weighted by Crippen LogP contribution is 2.24. The van der Waals surface area contributed by atoms with Crippen molar-refractivity contribution in [2.75, 3.05) is 13.1 Å². The van der Waals surface area contributed by atoms with Crippen LogP contribution in [0.15, 0.2) is 0 Å². The van der Waals surface area contributed by atoms with E-state index in [1.807, 2.05) is 6.92 Å². The fourth-order valence-corrected chi connectivity index (χ4v) is 3.66. The quantitative estimate of drug-likeness (QED) is 0.827. The molecular formula is C16H31N3O. The van der Waals surface area contributed by atoms with Gasteiger partial charge in [-0.05, 0) is 52.0 Å². The highest BCUT2D eigenvalue weighted by Gasteiger charge is 2.32. The van der Waals surface area contributed by atoms with Gasteiger partial charge in [-0.2, -0.15) is 0 Å². The second kappa shape index (κ2) is 7.41. The molecule has 3 N–H and O–H groups in total. The summed E-state index contributed by atoms with van der Waals surface area (Å²) in [5.41, 5.74) is 5.81. The van der Waals surface area contributed by atoms with Crippen molar-refractivity contribution in [3.05, 3.63) is 0 Å². The first-order chi connectivity index (χ1) is 9.61. The van der Waals surface area contributed by atoms with Crippen molar-refractivity contribution in [2.45, 2.75) is 76.9 Å². The molecule has 1 saturated carbocycles. The Morgan fingerprint density at radius 3 is 2.60 bits per heavy atom. The fraction of sp³-hybridized carbons (Fsp3) is 0.938. The third-order valence-corrected chi connectivity index (χ3v) is 5.19. The van der Waals surface area contributed by atoms with E-state index in [1.54, 1.807) is 0 Å². The van der Waals surface area contributed by atoms with Crippen LogP contribution in [0.5, 0.6) is 0 Å². The van der Waals surface area contributed by atoms with E-state index in [9.17, 15) is 4.79 Å². The number of nitrogens with zero attached hydrogens (tertiary/aromatic N) is 1. The molecule has 4 heteroatoms. The summed E-state index contributed by atoms with van der Waals surface area (Å²) in [5.74, 6) is 0.762. The molecule has 4 nitrogen and oxygen atoms in total. The Labute approximate surface area is 123 Å². The maximum Gasteiger partial charge on any atom is 0.237 e. The van der Waals surface area contributed by atoms with Crippen LogP contribution in [-0.4, -0.2) is 42.0 Å². The number of carbonyl (C=O) groups is 1. The van der Waals surface area contributed by atoms with Crippen molar-refractivity contribution in [1.29, 1.82) is 0 Å². The molecule has 2 rings (SSSR count). The predicted molar refractivity (Wildman–Crippen MR) is 82.4 cm³/mol. The van der Waals surface area contributed by atoms with E-state index in [2.05, 4.69) is 17.1 Å². The Bertz CT molecular complexity index is 315. The van der Waals surface area contributed by atoms with E-state index in [0.717, 1.165) is 32.4 Å². The van der Waals surface area contributed by atoms with Gasteiger partial charge < -0.3 is 11.1 Å². The number of likely N-dealkylation sites (tertiary alicyclic amines) is 1. The topological polar surface area (TPSA) is 58.4 Å². The van der Waals surface area contributed by atoms with Crippen LogP contribution in [0.2, 0.25) is 0 Å². The van der Waals surface area contributed by atoms with Gasteiger partial charge in [0.25, 0.3) is 0 Å². The molecule has 0 aromatic heterocycles. The van der Waals surface area contributed by atoms with Crippen LogP contribution in [0.1, 0.15) is 58.8 Å². The molecular weight excluding hydrogens is 250 g/mol. The van der Waals surface area contributed by atoms with Gasteiger partial charge in [-0.1, -0.05) is 19.3 Å². The summed E-state index contributed by atoms with van der Waals surface area (Å²) >= 11 is 0. The number of hydrogen-bond donors (Lipinski definition) is 2. The van der Waals surface area contributed by atoms with Crippen LogP contribution in [0, 0.1) is 5.92 Å². The predicted octanol–water partition coefficient (Wildman–Crippen LogP) is 1.88. The first kappa shape index (κ1) is 15.8. The van der Waals surface area contributed by atoms with Gasteiger partial charge in [0.1, 0.15) is 0 Å². The molecule has 1 aliphatic heterocycles. The van der Waals surface area contributed by atoms with Crippen molar-refractivity contribution in [1.82, 2.24) is 10.2 Å². The summed E-state index contributed by atoms with van der Waals surface area (Å²) in [5, 5.41) is 3.26. The largest absolute Gasteiger partial charge is 0.352 e. The van der Waals surface area contributed by atoms with Gasteiger partial charge in [0.15, 0.2) is 0 Å². The maximum absolute atomic E-state index is 12.5. The monoisotopic (exact) mass is 281 g/mol. The summed E-state index contributed by atoms with van der Waals surface area (Å²) in [6.45, 7) is 5.99. The number of rotatable bonds is 4. The number of amides is 1. The minimum absolute atomic E-state index is 0.0266. The second-order valence-electron chi connectivity index (χ2n) is 6.74. The smallest absolute Gasteiger partial charge is 0.237 e. The van der Waals surface area contributed by atoms with Gasteiger partial charge in [0.05, 0.1) is 6.04 Å². The van der Waals surface area contributed by atoms with E-state index in [1.165, 1.54) is 25.7 Å². The third kappa shape index (κ3) is 3.95. The summed E-state index contributed by atoms with van der Waals surface area (Å²) in [6.07, 6.45) is 8.50. The van der Waals surface area contributed by atoms with E-state index in [-0.39, 0.29) is 11.9 Å². The average Bonchev–Trinajstić information content (AvgIpc) is 2.48. The van der Waals surface area contributed by atoms with E-state index in [4.69, 9.17) is 5.73 Å². The van der Waals surface area contributed by atoms with E-state index in [0.29, 0.717) is 18.0 Å². The lowest BCUT2D eigenvalue weighted by atomic mass is 9.91. The first-order valence-electron chi connectivity index (χ1n) is 8.38. The maximum atomic E-state index is 12.5. The van der Waals surface area contributed by atoms with Crippen LogP contribution in [0.4, 0.5) is 0 Å². The molecule has 1 aliphatic carbocycles. The number of carbonyl (C=O) groups excluding carboxylic acids is 1. The molecule has 3 atom stereocenters. The highest BCUT2D eigenvalue weighted by molar-refractivity contribution is 5.81. The molecule has 2 aliphatic rings. The zero-order valence-electron chi connectivity index (χ0n) is 13.1. The molecule has 20 heavy (non-hydrogen) atoms. The van der Waals surface area contributed by atoms with Gasteiger partial charge in [-0.25, -0.2) is 0 Å². The van der Waals surface area contributed by atoms with Crippen LogP contribution >= 0.6 is 0 Å². The van der Waals surface area contributed by atoms with Crippen LogP contribution < -0.4 is 11.1 Å². The molecule has 0 bridgehead atoms. The van der Waals surface area contributed by atoms with Gasteiger partial charge in [0, 0.05) is 18.6 Å². The Morgan fingerprint density at radius 2 is 1.95 bits per heavy atom. The number of hydrogen-bond acceptors (Lipinski definition) is 3. The van der Waals surface area contributed by atoms with Crippen molar-refractivity contribution >= 4 is 5.91 Å². The van der Waals surface area contributed by atoms with Crippen LogP contribution in [-0.2, 0) is 4.79 Å². The second-order valence-corrected chi connectivity index (χ2v) is 6.74. The molecule has 116 valence electrons. The van der Waals surface area contributed by atoms with Crippen molar-refractivity contribution < 1.29 is 4.79 Å².